The molecule has 28 heavy (non-hydrogen) atoms. The number of rotatable bonds is 7. The monoisotopic (exact) mass is 384 g/mol. The lowest BCUT2D eigenvalue weighted by atomic mass is 9.99. The van der Waals surface area contributed by atoms with Crippen LogP contribution in [-0.2, 0) is 17.8 Å². The normalized spacial score (nSPS) is 13.8. The summed E-state index contributed by atoms with van der Waals surface area (Å²) in [4.78, 5) is 14.7. The zero-order valence-corrected chi connectivity index (χ0v) is 17.0. The highest BCUT2D eigenvalue weighted by atomic mass is 16.5. The Balaban J connectivity index is 1.65. The van der Waals surface area contributed by atoms with Gasteiger partial charge in [0.1, 0.15) is 5.75 Å². The fourth-order valence-electron chi connectivity index (χ4n) is 3.40. The van der Waals surface area contributed by atoms with Crippen molar-refractivity contribution in [3.05, 3.63) is 47.5 Å². The number of nitrogens with one attached hydrogen (secondary N) is 1. The average Bonchev–Trinajstić information content (AvgIpc) is 2.67. The van der Waals surface area contributed by atoms with E-state index in [2.05, 4.69) is 10.2 Å². The molecule has 1 aliphatic rings. The topological polar surface area (TPSA) is 60.0 Å². The molecule has 0 aromatic heterocycles. The second-order valence-electron chi connectivity index (χ2n) is 7.15. The van der Waals surface area contributed by atoms with Crippen LogP contribution in [0.1, 0.15) is 25.0 Å². The highest BCUT2D eigenvalue weighted by molar-refractivity contribution is 5.93. The first-order chi connectivity index (χ1) is 13.5. The van der Waals surface area contributed by atoms with Crippen LogP contribution in [0.25, 0.3) is 0 Å². The maximum atomic E-state index is 12.6. The summed E-state index contributed by atoms with van der Waals surface area (Å²) < 4.78 is 16.6. The quantitative estimate of drug-likeness (QED) is 0.792. The maximum Gasteiger partial charge on any atom is 0.238 e. The summed E-state index contributed by atoms with van der Waals surface area (Å²) in [5, 5.41) is 2.98. The minimum atomic E-state index is -0.0521. The molecule has 0 spiro atoms. The minimum absolute atomic E-state index is 0.0450. The first kappa shape index (κ1) is 20.0. The van der Waals surface area contributed by atoms with Crippen molar-refractivity contribution < 1.29 is 19.0 Å². The van der Waals surface area contributed by atoms with Crippen LogP contribution in [0.3, 0.4) is 0 Å². The molecule has 0 saturated carbocycles. The van der Waals surface area contributed by atoms with Crippen molar-refractivity contribution in [2.45, 2.75) is 32.9 Å². The number of benzene rings is 2. The van der Waals surface area contributed by atoms with Gasteiger partial charge in [-0.1, -0.05) is 12.1 Å². The molecule has 1 amide bonds. The summed E-state index contributed by atoms with van der Waals surface area (Å²) >= 11 is 0. The van der Waals surface area contributed by atoms with Crippen LogP contribution in [0.5, 0.6) is 17.2 Å². The third kappa shape index (κ3) is 4.75. The number of hydrogen-bond donors (Lipinski definition) is 1. The minimum Gasteiger partial charge on any atom is -0.493 e. The smallest absolute Gasteiger partial charge is 0.238 e. The summed E-state index contributed by atoms with van der Waals surface area (Å²) in [6.45, 7) is 5.77. The molecule has 6 nitrogen and oxygen atoms in total. The first-order valence-corrected chi connectivity index (χ1v) is 9.51. The number of nitrogens with zero attached hydrogens (tertiary/aromatic N) is 1. The van der Waals surface area contributed by atoms with Gasteiger partial charge in [-0.2, -0.15) is 0 Å². The van der Waals surface area contributed by atoms with Gasteiger partial charge in [0.15, 0.2) is 11.5 Å². The van der Waals surface area contributed by atoms with Crippen LogP contribution in [0.15, 0.2) is 36.4 Å². The van der Waals surface area contributed by atoms with Gasteiger partial charge in [-0.15, -0.1) is 0 Å². The molecule has 2 aromatic rings. The van der Waals surface area contributed by atoms with E-state index in [9.17, 15) is 4.79 Å². The molecule has 1 heterocycles. The average molecular weight is 384 g/mol. The fourth-order valence-corrected chi connectivity index (χ4v) is 3.40. The van der Waals surface area contributed by atoms with E-state index in [1.165, 1.54) is 11.1 Å². The largest absolute Gasteiger partial charge is 0.493 e. The molecule has 1 aliphatic heterocycles. The highest BCUT2D eigenvalue weighted by Gasteiger charge is 2.21. The molecule has 150 valence electrons. The summed E-state index contributed by atoms with van der Waals surface area (Å²) in [7, 11) is 3.28. The summed E-state index contributed by atoms with van der Waals surface area (Å²) in [6.07, 6.45) is 0.916. The van der Waals surface area contributed by atoms with E-state index in [-0.39, 0.29) is 12.0 Å². The molecule has 0 aliphatic carbocycles. The third-order valence-corrected chi connectivity index (χ3v) is 4.69. The van der Waals surface area contributed by atoms with E-state index in [0.717, 1.165) is 18.7 Å². The Kier molecular flexibility index (Phi) is 6.41. The van der Waals surface area contributed by atoms with E-state index in [1.54, 1.807) is 14.2 Å². The molecule has 0 radical (unpaired) electrons. The van der Waals surface area contributed by atoms with Gasteiger partial charge in [-0.3, -0.25) is 9.69 Å². The zero-order chi connectivity index (χ0) is 20.1. The van der Waals surface area contributed by atoms with Crippen LogP contribution >= 0.6 is 0 Å². The molecule has 2 aromatic carbocycles. The number of amides is 1. The summed E-state index contributed by atoms with van der Waals surface area (Å²) in [5.41, 5.74) is 3.11. The highest BCUT2D eigenvalue weighted by Crippen LogP contribution is 2.33. The van der Waals surface area contributed by atoms with Crippen LogP contribution < -0.4 is 19.5 Å². The van der Waals surface area contributed by atoms with Gasteiger partial charge in [0, 0.05) is 13.1 Å². The molecule has 0 bridgehead atoms. The van der Waals surface area contributed by atoms with Gasteiger partial charge in [-0.05, 0) is 55.7 Å². The molecule has 1 N–H and O–H groups in total. The Morgan fingerprint density at radius 1 is 1.07 bits per heavy atom. The van der Waals surface area contributed by atoms with Gasteiger partial charge in [0.05, 0.1) is 32.6 Å². The van der Waals surface area contributed by atoms with E-state index in [1.807, 2.05) is 50.2 Å². The predicted molar refractivity (Wildman–Crippen MR) is 109 cm³/mol. The van der Waals surface area contributed by atoms with Crippen molar-refractivity contribution >= 4 is 11.6 Å². The van der Waals surface area contributed by atoms with Gasteiger partial charge < -0.3 is 19.5 Å². The van der Waals surface area contributed by atoms with Crippen molar-refractivity contribution in [2.24, 2.45) is 0 Å². The maximum absolute atomic E-state index is 12.6. The van der Waals surface area contributed by atoms with Gasteiger partial charge >= 0.3 is 0 Å². The summed E-state index contributed by atoms with van der Waals surface area (Å²) in [6, 6.07) is 11.6. The van der Waals surface area contributed by atoms with Crippen molar-refractivity contribution in [2.75, 3.05) is 32.6 Å². The van der Waals surface area contributed by atoms with Gasteiger partial charge in [-0.25, -0.2) is 0 Å². The Labute approximate surface area is 166 Å². The van der Waals surface area contributed by atoms with Crippen molar-refractivity contribution in [3.63, 3.8) is 0 Å². The van der Waals surface area contributed by atoms with E-state index >= 15 is 0 Å². The fraction of sp³-hybridized carbons (Fsp3) is 0.409. The number of hydrogen-bond acceptors (Lipinski definition) is 5. The van der Waals surface area contributed by atoms with Crippen molar-refractivity contribution in [1.29, 1.82) is 0 Å². The molecular formula is C22H28N2O4. The standard InChI is InChI=1S/C22H28N2O4/c1-15(2)28-19-8-6-5-7-18(19)23-22(25)14-24-10-9-16-11-20(26-3)21(27-4)12-17(16)13-24/h5-8,11-12,15H,9-10,13-14H2,1-4H3,(H,23,25). The number of carbonyl (C=O) groups is 1. The lowest BCUT2D eigenvalue weighted by molar-refractivity contribution is -0.117. The lowest BCUT2D eigenvalue weighted by Crippen LogP contribution is -2.37. The van der Waals surface area contributed by atoms with E-state index in [0.29, 0.717) is 30.3 Å². The molecule has 6 heteroatoms. The van der Waals surface area contributed by atoms with Gasteiger partial charge in [0.25, 0.3) is 0 Å². The summed E-state index contributed by atoms with van der Waals surface area (Å²) in [5.74, 6) is 2.09. The Bertz CT molecular complexity index is 835. The predicted octanol–water partition coefficient (Wildman–Crippen LogP) is 3.49. The van der Waals surface area contributed by atoms with E-state index in [4.69, 9.17) is 14.2 Å². The third-order valence-electron chi connectivity index (χ3n) is 4.69. The number of methoxy groups -OCH3 is 2. The molecule has 0 atom stereocenters. The van der Waals surface area contributed by atoms with Crippen molar-refractivity contribution in [1.82, 2.24) is 4.90 Å². The van der Waals surface area contributed by atoms with Crippen LogP contribution in [0.2, 0.25) is 0 Å². The number of carbonyl (C=O) groups excluding carboxylic acids is 1. The molecule has 0 saturated heterocycles. The molecule has 0 unspecified atom stereocenters. The lowest BCUT2D eigenvalue weighted by Gasteiger charge is -2.29. The number of fused-ring (bicyclic) bond motifs is 1. The Morgan fingerprint density at radius 2 is 1.75 bits per heavy atom. The molecular weight excluding hydrogens is 356 g/mol. The van der Waals surface area contributed by atoms with Gasteiger partial charge in [0.2, 0.25) is 5.91 Å². The number of para-hydroxylation sites is 2. The second kappa shape index (κ2) is 8.97. The van der Waals surface area contributed by atoms with Crippen LogP contribution in [0, 0.1) is 0 Å². The second-order valence-corrected chi connectivity index (χ2v) is 7.15. The number of ether oxygens (including phenoxy) is 3. The van der Waals surface area contributed by atoms with Crippen LogP contribution in [-0.4, -0.2) is 44.2 Å². The number of anilines is 1. The van der Waals surface area contributed by atoms with Crippen molar-refractivity contribution in [3.8, 4) is 17.2 Å². The zero-order valence-electron chi connectivity index (χ0n) is 17.0. The molecule has 0 fully saturated rings. The van der Waals surface area contributed by atoms with E-state index < -0.39 is 0 Å². The SMILES string of the molecule is COc1cc2c(cc1OC)CN(CC(=O)Nc1ccccc1OC(C)C)CC2. The Hall–Kier alpha value is -2.73. The first-order valence-electron chi connectivity index (χ1n) is 9.51. The van der Waals surface area contributed by atoms with Crippen LogP contribution in [0.4, 0.5) is 5.69 Å². The Morgan fingerprint density at radius 3 is 2.43 bits per heavy atom. The molecule has 3 rings (SSSR count).